The van der Waals surface area contributed by atoms with Crippen molar-refractivity contribution in [3.8, 4) is 6.07 Å². The van der Waals surface area contributed by atoms with Crippen molar-refractivity contribution in [2.45, 2.75) is 6.54 Å². The molecule has 0 fully saturated rings. The van der Waals surface area contributed by atoms with Gasteiger partial charge >= 0.3 is 0 Å². The van der Waals surface area contributed by atoms with Crippen LogP contribution >= 0.6 is 0 Å². The Labute approximate surface area is 116 Å². The third kappa shape index (κ3) is 2.10. The molecule has 1 aromatic carbocycles. The average molecular weight is 263 g/mol. The van der Waals surface area contributed by atoms with Crippen molar-refractivity contribution in [1.29, 1.82) is 5.26 Å². The summed E-state index contributed by atoms with van der Waals surface area (Å²) in [5.41, 5.74) is 2.21. The summed E-state index contributed by atoms with van der Waals surface area (Å²) >= 11 is 0. The summed E-state index contributed by atoms with van der Waals surface area (Å²) in [6.07, 6.45) is 5.55. The van der Waals surface area contributed by atoms with Crippen molar-refractivity contribution in [3.05, 3.63) is 60.0 Å². The lowest BCUT2D eigenvalue weighted by atomic mass is 10.2. The molecule has 20 heavy (non-hydrogen) atoms. The molecule has 0 aliphatic carbocycles. The van der Waals surface area contributed by atoms with E-state index in [1.807, 2.05) is 59.0 Å². The summed E-state index contributed by atoms with van der Waals surface area (Å²) in [6, 6.07) is 11.4. The van der Waals surface area contributed by atoms with Gasteiger partial charge in [0.1, 0.15) is 0 Å². The van der Waals surface area contributed by atoms with Gasteiger partial charge in [-0.15, -0.1) is 0 Å². The number of Topliss-reactive ketones (excluding diaryl/α,β-unsaturated/α-hetero) is 1. The van der Waals surface area contributed by atoms with Crippen LogP contribution in [-0.2, 0) is 13.6 Å². The lowest BCUT2D eigenvalue weighted by Crippen LogP contribution is -2.08. The number of aromatic nitrogens is 2. The largest absolute Gasteiger partial charge is 0.357 e. The van der Waals surface area contributed by atoms with Gasteiger partial charge < -0.3 is 9.13 Å². The molecule has 0 saturated carbocycles. The van der Waals surface area contributed by atoms with E-state index in [4.69, 9.17) is 5.26 Å². The maximum atomic E-state index is 12.2. The monoisotopic (exact) mass is 263 g/mol. The molecular weight excluding hydrogens is 250 g/mol. The minimum absolute atomic E-state index is 0.0606. The Kier molecular flexibility index (Phi) is 2.88. The Balaban J connectivity index is 1.95. The van der Waals surface area contributed by atoms with Gasteiger partial charge in [-0.1, -0.05) is 6.07 Å². The summed E-state index contributed by atoms with van der Waals surface area (Å²) in [5, 5.41) is 9.99. The van der Waals surface area contributed by atoms with E-state index in [1.54, 1.807) is 6.07 Å². The standard InChI is InChI=1S/C16H13N3O/c1-18-6-4-14(10-18)16(20)11-19-7-5-13-3-2-12(9-17)8-15(13)19/h2-8,10H,11H2,1H3. The first-order valence-corrected chi connectivity index (χ1v) is 6.31. The molecule has 2 aromatic heterocycles. The Morgan fingerprint density at radius 2 is 2.10 bits per heavy atom. The van der Waals surface area contributed by atoms with E-state index in [9.17, 15) is 4.79 Å². The number of nitrogens with zero attached hydrogens (tertiary/aromatic N) is 3. The van der Waals surface area contributed by atoms with E-state index in [-0.39, 0.29) is 12.3 Å². The van der Waals surface area contributed by atoms with Gasteiger partial charge in [0.05, 0.1) is 18.2 Å². The van der Waals surface area contributed by atoms with Gasteiger partial charge in [0.2, 0.25) is 0 Å². The van der Waals surface area contributed by atoms with Crippen LogP contribution in [0.3, 0.4) is 0 Å². The molecule has 0 N–H and O–H groups in total. The van der Waals surface area contributed by atoms with E-state index in [0.717, 1.165) is 10.9 Å². The highest BCUT2D eigenvalue weighted by Crippen LogP contribution is 2.18. The minimum atomic E-state index is 0.0606. The van der Waals surface area contributed by atoms with Crippen LogP contribution < -0.4 is 0 Å². The van der Waals surface area contributed by atoms with Crippen molar-refractivity contribution < 1.29 is 4.79 Å². The highest BCUT2D eigenvalue weighted by molar-refractivity contribution is 5.96. The predicted octanol–water partition coefficient (Wildman–Crippen LogP) is 2.73. The van der Waals surface area contributed by atoms with Crippen molar-refractivity contribution in [3.63, 3.8) is 0 Å². The second kappa shape index (κ2) is 4.71. The molecule has 3 aromatic rings. The van der Waals surface area contributed by atoms with Crippen LogP contribution in [0.2, 0.25) is 0 Å². The third-order valence-electron chi connectivity index (χ3n) is 3.37. The zero-order valence-electron chi connectivity index (χ0n) is 11.1. The van der Waals surface area contributed by atoms with Gasteiger partial charge in [0, 0.05) is 36.7 Å². The van der Waals surface area contributed by atoms with Crippen LogP contribution in [0.4, 0.5) is 0 Å². The molecule has 98 valence electrons. The van der Waals surface area contributed by atoms with Gasteiger partial charge in [-0.2, -0.15) is 5.26 Å². The number of hydrogen-bond donors (Lipinski definition) is 0. The maximum absolute atomic E-state index is 12.2. The van der Waals surface area contributed by atoms with Gasteiger partial charge in [-0.05, 0) is 29.7 Å². The highest BCUT2D eigenvalue weighted by Gasteiger charge is 2.10. The molecule has 0 amide bonds. The van der Waals surface area contributed by atoms with Gasteiger partial charge in [0.25, 0.3) is 0 Å². The van der Waals surface area contributed by atoms with Crippen molar-refractivity contribution in [2.75, 3.05) is 0 Å². The summed E-state index contributed by atoms with van der Waals surface area (Å²) in [5.74, 6) is 0.0606. The molecule has 0 saturated heterocycles. The molecular formula is C16H13N3O. The highest BCUT2D eigenvalue weighted by atomic mass is 16.1. The van der Waals surface area contributed by atoms with E-state index >= 15 is 0 Å². The zero-order valence-corrected chi connectivity index (χ0v) is 11.1. The fourth-order valence-corrected chi connectivity index (χ4v) is 2.31. The molecule has 4 nitrogen and oxygen atoms in total. The fourth-order valence-electron chi connectivity index (χ4n) is 2.31. The number of aryl methyl sites for hydroxylation is 1. The number of fused-ring (bicyclic) bond motifs is 1. The minimum Gasteiger partial charge on any atom is -0.357 e. The predicted molar refractivity (Wildman–Crippen MR) is 76.4 cm³/mol. The third-order valence-corrected chi connectivity index (χ3v) is 3.37. The van der Waals surface area contributed by atoms with Crippen LogP contribution in [-0.4, -0.2) is 14.9 Å². The SMILES string of the molecule is Cn1ccc(C(=O)Cn2ccc3ccc(C#N)cc32)c1. The van der Waals surface area contributed by atoms with E-state index in [1.165, 1.54) is 0 Å². The molecule has 2 heterocycles. The lowest BCUT2D eigenvalue weighted by molar-refractivity contribution is 0.0973. The molecule has 0 spiro atoms. The molecule has 4 heteroatoms. The Morgan fingerprint density at radius 1 is 1.25 bits per heavy atom. The van der Waals surface area contributed by atoms with E-state index in [0.29, 0.717) is 11.1 Å². The molecule has 3 rings (SSSR count). The van der Waals surface area contributed by atoms with Crippen LogP contribution in [0, 0.1) is 11.3 Å². The van der Waals surface area contributed by atoms with Gasteiger partial charge in [-0.3, -0.25) is 4.79 Å². The number of carbonyl (C=O) groups is 1. The second-order valence-electron chi connectivity index (χ2n) is 4.82. The quantitative estimate of drug-likeness (QED) is 0.682. The lowest BCUT2D eigenvalue weighted by Gasteiger charge is -2.04. The van der Waals surface area contributed by atoms with Crippen molar-refractivity contribution in [1.82, 2.24) is 9.13 Å². The Hall–Kier alpha value is -2.80. The number of nitriles is 1. The van der Waals surface area contributed by atoms with E-state index in [2.05, 4.69) is 6.07 Å². The average Bonchev–Trinajstić information content (AvgIpc) is 3.05. The van der Waals surface area contributed by atoms with Gasteiger partial charge in [-0.25, -0.2) is 0 Å². The van der Waals surface area contributed by atoms with Crippen LogP contribution in [0.5, 0.6) is 0 Å². The van der Waals surface area contributed by atoms with Crippen molar-refractivity contribution in [2.24, 2.45) is 7.05 Å². The topological polar surface area (TPSA) is 50.7 Å². The van der Waals surface area contributed by atoms with E-state index < -0.39 is 0 Å². The number of benzene rings is 1. The zero-order chi connectivity index (χ0) is 14.1. The number of carbonyl (C=O) groups excluding carboxylic acids is 1. The summed E-state index contributed by atoms with van der Waals surface area (Å²) in [7, 11) is 1.89. The Bertz CT molecular complexity index is 833. The molecule has 0 radical (unpaired) electrons. The number of ketones is 1. The second-order valence-corrected chi connectivity index (χ2v) is 4.82. The Morgan fingerprint density at radius 3 is 2.80 bits per heavy atom. The molecule has 0 aliphatic heterocycles. The van der Waals surface area contributed by atoms with Crippen LogP contribution in [0.25, 0.3) is 10.9 Å². The summed E-state index contributed by atoms with van der Waals surface area (Å²) in [6.45, 7) is 0.280. The fraction of sp³-hybridized carbons (Fsp3) is 0.125. The number of hydrogen-bond acceptors (Lipinski definition) is 2. The first-order chi connectivity index (χ1) is 9.67. The normalized spacial score (nSPS) is 10.6. The molecule has 0 atom stereocenters. The maximum Gasteiger partial charge on any atom is 0.184 e. The van der Waals surface area contributed by atoms with Gasteiger partial charge in [0.15, 0.2) is 5.78 Å². The smallest absolute Gasteiger partial charge is 0.184 e. The van der Waals surface area contributed by atoms with Crippen LogP contribution in [0.15, 0.2) is 48.9 Å². The first kappa shape index (κ1) is 12.2. The summed E-state index contributed by atoms with van der Waals surface area (Å²) in [4.78, 5) is 12.2. The molecule has 0 bridgehead atoms. The van der Waals surface area contributed by atoms with Crippen LogP contribution in [0.1, 0.15) is 15.9 Å². The van der Waals surface area contributed by atoms with Crippen molar-refractivity contribution >= 4 is 16.7 Å². The summed E-state index contributed by atoms with van der Waals surface area (Å²) < 4.78 is 3.74. The first-order valence-electron chi connectivity index (χ1n) is 6.31. The molecule has 0 unspecified atom stereocenters. The number of rotatable bonds is 3. The molecule has 0 aliphatic rings.